The van der Waals surface area contributed by atoms with Gasteiger partial charge in [0.15, 0.2) is 11.6 Å². The summed E-state index contributed by atoms with van der Waals surface area (Å²) in [5, 5.41) is 13.9. The zero-order chi connectivity index (χ0) is 14.2. The van der Waals surface area contributed by atoms with Crippen LogP contribution in [0.1, 0.15) is 10.4 Å². The summed E-state index contributed by atoms with van der Waals surface area (Å²) in [4.78, 5) is 11.2. The maximum atomic E-state index is 13.9. The highest BCUT2D eigenvalue weighted by Gasteiger charge is 2.22. The number of carboxylic acids is 1. The first kappa shape index (κ1) is 13.9. The Balaban J connectivity index is 2.70. The lowest BCUT2D eigenvalue weighted by Gasteiger charge is -2.06. The molecule has 1 aromatic carbocycles. The van der Waals surface area contributed by atoms with Gasteiger partial charge < -0.3 is 10.4 Å². The van der Waals surface area contributed by atoms with Crippen LogP contribution in [0.3, 0.4) is 0 Å². The lowest BCUT2D eigenvalue weighted by molar-refractivity contribution is 0.0699. The van der Waals surface area contributed by atoms with Gasteiger partial charge in [-0.3, -0.25) is 0 Å². The van der Waals surface area contributed by atoms with E-state index < -0.39 is 17.6 Å². The molecule has 0 aliphatic rings. The lowest BCUT2D eigenvalue weighted by Crippen LogP contribution is -2.06. The van der Waals surface area contributed by atoms with Gasteiger partial charge in [0.25, 0.3) is 0 Å². The van der Waals surface area contributed by atoms with Crippen LogP contribution in [0.15, 0.2) is 17.5 Å². The van der Waals surface area contributed by atoms with Crippen molar-refractivity contribution in [2.45, 2.75) is 0 Å². The lowest BCUT2D eigenvalue weighted by atomic mass is 10.0. The van der Waals surface area contributed by atoms with E-state index >= 15 is 0 Å². The van der Waals surface area contributed by atoms with Crippen LogP contribution in [-0.4, -0.2) is 18.1 Å². The molecule has 0 saturated heterocycles. The summed E-state index contributed by atoms with van der Waals surface area (Å²) >= 11 is 1.13. The third kappa shape index (κ3) is 2.33. The molecule has 1 atom stereocenters. The van der Waals surface area contributed by atoms with Crippen molar-refractivity contribution in [3.05, 3.63) is 34.7 Å². The number of hydrogen-bond donors (Lipinski definition) is 2. The van der Waals surface area contributed by atoms with Gasteiger partial charge in [0, 0.05) is 28.9 Å². The molecule has 1 heterocycles. The average molecular weight is 301 g/mol. The quantitative estimate of drug-likeness (QED) is 0.857. The van der Waals surface area contributed by atoms with Crippen molar-refractivity contribution in [3.8, 4) is 11.1 Å². The predicted octanol–water partition coefficient (Wildman–Crippen LogP) is 2.93. The molecule has 100 valence electrons. The van der Waals surface area contributed by atoms with E-state index in [1.807, 2.05) is 0 Å². The zero-order valence-corrected chi connectivity index (χ0v) is 11.8. The van der Waals surface area contributed by atoms with Crippen LogP contribution in [0.2, 0.25) is 0 Å². The van der Waals surface area contributed by atoms with Gasteiger partial charge in [-0.1, -0.05) is 12.1 Å². The maximum Gasteiger partial charge on any atom is 0.339 e. The molecule has 2 aromatic rings. The summed E-state index contributed by atoms with van der Waals surface area (Å²) in [6, 6.07) is 2.76. The highest BCUT2D eigenvalue weighted by molar-refractivity contribution is 7.27. The van der Waals surface area contributed by atoms with E-state index in [2.05, 4.69) is 14.6 Å². The number of carboxylic acid groups (broad SMARTS) is 1. The third-order valence-electron chi connectivity index (χ3n) is 2.63. The van der Waals surface area contributed by atoms with Gasteiger partial charge >= 0.3 is 5.97 Å². The number of anilines is 1. The fourth-order valence-corrected chi connectivity index (χ4v) is 2.86. The van der Waals surface area contributed by atoms with E-state index in [9.17, 15) is 18.7 Å². The Morgan fingerprint density at radius 2 is 2.00 bits per heavy atom. The minimum atomic E-state index is -1.18. The summed E-state index contributed by atoms with van der Waals surface area (Å²) in [6.45, 7) is 0. The largest absolute Gasteiger partial charge is 0.478 e. The van der Waals surface area contributed by atoms with Gasteiger partial charge in [-0.05, 0) is 0 Å². The number of benzene rings is 1. The molecule has 2 N–H and O–H groups in total. The van der Waals surface area contributed by atoms with E-state index in [0.717, 1.165) is 11.3 Å². The van der Waals surface area contributed by atoms with E-state index in [1.165, 1.54) is 17.5 Å². The number of thiophene rings is 1. The molecular weight excluding hydrogens is 291 g/mol. The van der Waals surface area contributed by atoms with Crippen molar-refractivity contribution < 1.29 is 18.7 Å². The topological polar surface area (TPSA) is 49.3 Å². The molecule has 7 heteroatoms. The fraction of sp³-hybridized carbons (Fsp3) is 0.0833. The second kappa shape index (κ2) is 5.23. The number of aromatic carboxylic acids is 1. The fourth-order valence-electron chi connectivity index (χ4n) is 1.72. The molecular formula is C12H10F2NO2PS. The van der Waals surface area contributed by atoms with Gasteiger partial charge in [0.2, 0.25) is 0 Å². The van der Waals surface area contributed by atoms with Crippen LogP contribution in [0.4, 0.5) is 13.8 Å². The van der Waals surface area contributed by atoms with E-state index in [-0.39, 0.29) is 22.0 Å². The Morgan fingerprint density at radius 3 is 2.58 bits per heavy atom. The molecule has 3 nitrogen and oxygen atoms in total. The zero-order valence-electron chi connectivity index (χ0n) is 9.83. The van der Waals surface area contributed by atoms with Gasteiger partial charge in [-0.25, -0.2) is 13.6 Å². The van der Waals surface area contributed by atoms with Gasteiger partial charge in [0.05, 0.1) is 0 Å². The van der Waals surface area contributed by atoms with Crippen LogP contribution in [0, 0.1) is 11.6 Å². The summed E-state index contributed by atoms with van der Waals surface area (Å²) in [5.74, 6) is -3.22. The molecule has 0 spiro atoms. The van der Waals surface area contributed by atoms with E-state index in [1.54, 1.807) is 7.05 Å². The molecule has 0 saturated carbocycles. The van der Waals surface area contributed by atoms with Gasteiger partial charge in [-0.15, -0.1) is 20.6 Å². The molecule has 0 amide bonds. The number of rotatable bonds is 3. The van der Waals surface area contributed by atoms with Crippen molar-refractivity contribution in [3.63, 3.8) is 0 Å². The van der Waals surface area contributed by atoms with Crippen molar-refractivity contribution >= 4 is 36.9 Å². The number of carbonyl (C=O) groups is 1. The van der Waals surface area contributed by atoms with Crippen molar-refractivity contribution in [2.24, 2.45) is 0 Å². The first-order valence-corrected chi connectivity index (χ1v) is 6.69. The molecule has 0 aliphatic heterocycles. The van der Waals surface area contributed by atoms with Crippen molar-refractivity contribution in [1.29, 1.82) is 0 Å². The Morgan fingerprint density at radius 1 is 1.32 bits per heavy atom. The second-order valence-corrected chi connectivity index (χ2v) is 5.24. The monoisotopic (exact) mass is 301 g/mol. The molecule has 1 unspecified atom stereocenters. The second-order valence-electron chi connectivity index (χ2n) is 3.74. The first-order chi connectivity index (χ1) is 8.97. The minimum absolute atomic E-state index is 0.0534. The summed E-state index contributed by atoms with van der Waals surface area (Å²) in [6.07, 6.45) is 0. The van der Waals surface area contributed by atoms with Crippen LogP contribution in [-0.2, 0) is 0 Å². The third-order valence-corrected chi connectivity index (χ3v) is 4.08. The van der Waals surface area contributed by atoms with Crippen molar-refractivity contribution in [2.75, 3.05) is 12.4 Å². The maximum absolute atomic E-state index is 13.9. The number of nitrogens with one attached hydrogen (secondary N) is 1. The van der Waals surface area contributed by atoms with Gasteiger partial charge in [-0.2, -0.15) is 0 Å². The number of hydrogen-bond acceptors (Lipinski definition) is 3. The van der Waals surface area contributed by atoms with E-state index in [4.69, 9.17) is 0 Å². The molecule has 0 radical (unpaired) electrons. The van der Waals surface area contributed by atoms with Crippen LogP contribution >= 0.6 is 20.6 Å². The van der Waals surface area contributed by atoms with Crippen LogP contribution in [0.25, 0.3) is 11.1 Å². The highest BCUT2D eigenvalue weighted by Crippen LogP contribution is 2.36. The molecule has 19 heavy (non-hydrogen) atoms. The minimum Gasteiger partial charge on any atom is -0.478 e. The highest BCUT2D eigenvalue weighted by atomic mass is 32.1. The molecule has 0 aliphatic carbocycles. The predicted molar refractivity (Wildman–Crippen MR) is 75.5 cm³/mol. The molecule has 0 bridgehead atoms. The van der Waals surface area contributed by atoms with Gasteiger partial charge in [0.1, 0.15) is 10.6 Å². The molecule has 0 fully saturated rings. The summed E-state index contributed by atoms with van der Waals surface area (Å²) < 4.78 is 27.5. The number of halogens is 2. The van der Waals surface area contributed by atoms with Crippen LogP contribution < -0.4 is 10.6 Å². The standard InChI is InChI=1S/C12H10F2NO2PS/c1-15-11-8(12(16)17)6(4-19-11)5-2-3-7(18)10(14)9(5)13/h2-4,15H,18H2,1H3,(H,16,17). The Bertz CT molecular complexity index is 657. The Hall–Kier alpha value is -1.52. The normalized spacial score (nSPS) is 10.5. The van der Waals surface area contributed by atoms with E-state index in [0.29, 0.717) is 5.00 Å². The summed E-state index contributed by atoms with van der Waals surface area (Å²) in [5.41, 5.74) is 0.0596. The van der Waals surface area contributed by atoms with Crippen LogP contribution in [0.5, 0.6) is 0 Å². The Kier molecular flexibility index (Phi) is 3.83. The first-order valence-electron chi connectivity index (χ1n) is 5.23. The van der Waals surface area contributed by atoms with Crippen molar-refractivity contribution in [1.82, 2.24) is 0 Å². The Labute approximate surface area is 114 Å². The average Bonchev–Trinajstić information content (AvgIpc) is 2.80. The SMILES string of the molecule is CNc1scc(-c2ccc(P)c(F)c2F)c1C(=O)O. The molecule has 1 aromatic heterocycles. The molecule has 2 rings (SSSR count). The summed E-state index contributed by atoms with van der Waals surface area (Å²) in [7, 11) is 3.66. The smallest absolute Gasteiger partial charge is 0.339 e.